The van der Waals surface area contributed by atoms with Gasteiger partial charge in [-0.1, -0.05) is 49.7 Å². The predicted octanol–water partition coefficient (Wildman–Crippen LogP) is 3.97. The smallest absolute Gasteiger partial charge is 0.232 e. The molecular formula is C19H20OSi. The Morgan fingerprint density at radius 2 is 1.76 bits per heavy atom. The van der Waals surface area contributed by atoms with Gasteiger partial charge in [0.25, 0.3) is 0 Å². The molecule has 0 amide bonds. The molecule has 1 nitrogen and oxygen atoms in total. The van der Waals surface area contributed by atoms with E-state index in [2.05, 4.69) is 42.9 Å². The summed E-state index contributed by atoms with van der Waals surface area (Å²) in [5.41, 5.74) is 5.95. The Labute approximate surface area is 128 Å². The van der Waals surface area contributed by atoms with Crippen LogP contribution in [0, 0.1) is 23.3 Å². The van der Waals surface area contributed by atoms with Gasteiger partial charge in [0, 0.05) is 16.7 Å². The molecule has 21 heavy (non-hydrogen) atoms. The summed E-state index contributed by atoms with van der Waals surface area (Å²) in [6, 6.07) is 9.88. The molecule has 0 atom stereocenters. The second-order valence-electron chi connectivity index (χ2n) is 6.26. The molecule has 0 N–H and O–H groups in total. The number of hydrogen-bond donors (Lipinski definition) is 0. The first-order valence-electron chi connectivity index (χ1n) is 7.32. The summed E-state index contributed by atoms with van der Waals surface area (Å²) in [6.07, 6.45) is 2.72. The van der Waals surface area contributed by atoms with Crippen LogP contribution in [0.2, 0.25) is 19.6 Å². The summed E-state index contributed by atoms with van der Waals surface area (Å²) < 4.78 is 0. The second kappa shape index (κ2) is 6.61. The Kier molecular flexibility index (Phi) is 4.84. The third kappa shape index (κ3) is 4.78. The highest BCUT2D eigenvalue weighted by molar-refractivity contribution is 6.84. The summed E-state index contributed by atoms with van der Waals surface area (Å²) in [4.78, 5) is 12.2. The van der Waals surface area contributed by atoms with Gasteiger partial charge < -0.3 is 0 Å². The van der Waals surface area contributed by atoms with Crippen LogP contribution >= 0.6 is 0 Å². The minimum atomic E-state index is -1.50. The number of rotatable bonds is 1. The lowest BCUT2D eigenvalue weighted by Gasteiger charge is -2.03. The number of hydrogen-bond acceptors (Lipinski definition) is 1. The van der Waals surface area contributed by atoms with Crippen LogP contribution in [0.15, 0.2) is 41.5 Å². The third-order valence-corrected chi connectivity index (χ3v) is 4.05. The Balaban J connectivity index is 2.23. The van der Waals surface area contributed by atoms with E-state index in [1.54, 1.807) is 0 Å². The van der Waals surface area contributed by atoms with Gasteiger partial charge in [-0.05, 0) is 37.3 Å². The van der Waals surface area contributed by atoms with Crippen molar-refractivity contribution < 1.29 is 4.79 Å². The molecule has 0 fully saturated rings. The Bertz CT molecular complexity index is 682. The zero-order valence-corrected chi connectivity index (χ0v) is 13.9. The molecule has 0 aromatic heterocycles. The molecule has 2 heteroatoms. The van der Waals surface area contributed by atoms with Crippen molar-refractivity contribution in [3.05, 3.63) is 47.0 Å². The van der Waals surface area contributed by atoms with Crippen molar-refractivity contribution in [1.29, 1.82) is 0 Å². The molecule has 0 bridgehead atoms. The Morgan fingerprint density at radius 1 is 1.05 bits per heavy atom. The topological polar surface area (TPSA) is 17.1 Å². The number of allylic oxidation sites excluding steroid dienone is 2. The number of carbonyl (C=O) groups is 1. The maximum atomic E-state index is 12.2. The summed E-state index contributed by atoms with van der Waals surface area (Å²) in [5.74, 6) is 9.14. The van der Waals surface area contributed by atoms with Crippen LogP contribution in [0.25, 0.3) is 0 Å². The van der Waals surface area contributed by atoms with Crippen molar-refractivity contribution in [1.82, 2.24) is 0 Å². The molecular weight excluding hydrogens is 272 g/mol. The molecule has 0 unspecified atom stereocenters. The fourth-order valence-corrected chi connectivity index (χ4v) is 2.61. The maximum absolute atomic E-state index is 12.2. The van der Waals surface area contributed by atoms with E-state index in [9.17, 15) is 4.79 Å². The standard InChI is InChI=1S/C19H20OSi/c1-21(2,3)15-14-19(20)18-11-7-10-17(18)13-12-16-8-5-4-6-9-16/h4-6,8-9H,7,10-11H2,1-3H3. The fraction of sp³-hybridized carbons (Fsp3) is 0.316. The van der Waals surface area contributed by atoms with E-state index >= 15 is 0 Å². The first-order valence-corrected chi connectivity index (χ1v) is 10.8. The van der Waals surface area contributed by atoms with Gasteiger partial charge in [-0.15, -0.1) is 5.54 Å². The first-order chi connectivity index (χ1) is 9.96. The van der Waals surface area contributed by atoms with Gasteiger partial charge in [0.2, 0.25) is 5.78 Å². The van der Waals surface area contributed by atoms with Gasteiger partial charge in [-0.2, -0.15) is 0 Å². The van der Waals surface area contributed by atoms with E-state index in [-0.39, 0.29) is 5.78 Å². The minimum absolute atomic E-state index is 0.0210. The SMILES string of the molecule is C[Si](C)(C)C#CC(=O)C1=C(C#Cc2ccccc2)CCC1. The molecule has 106 valence electrons. The van der Waals surface area contributed by atoms with Crippen LogP contribution in [-0.4, -0.2) is 13.9 Å². The van der Waals surface area contributed by atoms with Crippen molar-refractivity contribution in [3.8, 4) is 23.3 Å². The minimum Gasteiger partial charge on any atom is -0.280 e. The van der Waals surface area contributed by atoms with E-state index in [1.807, 2.05) is 30.3 Å². The van der Waals surface area contributed by atoms with E-state index in [0.29, 0.717) is 0 Å². The van der Waals surface area contributed by atoms with E-state index < -0.39 is 8.07 Å². The molecule has 0 aliphatic heterocycles. The highest BCUT2D eigenvalue weighted by atomic mass is 28.3. The van der Waals surface area contributed by atoms with Gasteiger partial charge in [0.15, 0.2) is 0 Å². The highest BCUT2D eigenvalue weighted by Crippen LogP contribution is 2.26. The molecule has 1 aliphatic carbocycles. The maximum Gasteiger partial charge on any atom is 0.232 e. The molecule has 2 rings (SSSR count). The third-order valence-electron chi connectivity index (χ3n) is 3.17. The first kappa shape index (κ1) is 15.4. The quantitative estimate of drug-likeness (QED) is 0.565. The molecule has 0 heterocycles. The molecule has 1 aliphatic rings. The van der Waals surface area contributed by atoms with Crippen LogP contribution in [0.4, 0.5) is 0 Å². The van der Waals surface area contributed by atoms with Crippen LogP contribution in [0.1, 0.15) is 24.8 Å². The number of Topliss-reactive ketones (excluding diaryl/α,β-unsaturated/α-hetero) is 1. The molecule has 0 saturated heterocycles. The summed E-state index contributed by atoms with van der Waals surface area (Å²) >= 11 is 0. The summed E-state index contributed by atoms with van der Waals surface area (Å²) in [7, 11) is -1.50. The number of carbonyl (C=O) groups excluding carboxylic acids is 1. The largest absolute Gasteiger partial charge is 0.280 e. The average molecular weight is 292 g/mol. The van der Waals surface area contributed by atoms with Gasteiger partial charge in [-0.3, -0.25) is 4.79 Å². The predicted molar refractivity (Wildman–Crippen MR) is 90.3 cm³/mol. The van der Waals surface area contributed by atoms with E-state index in [0.717, 1.165) is 36.0 Å². The molecule has 0 saturated carbocycles. The zero-order chi connectivity index (χ0) is 15.3. The number of ketones is 1. The lowest BCUT2D eigenvalue weighted by atomic mass is 10.1. The molecule has 0 radical (unpaired) electrons. The zero-order valence-electron chi connectivity index (χ0n) is 12.9. The van der Waals surface area contributed by atoms with Crippen molar-refractivity contribution in [3.63, 3.8) is 0 Å². The van der Waals surface area contributed by atoms with Crippen molar-refractivity contribution in [2.45, 2.75) is 38.9 Å². The summed E-state index contributed by atoms with van der Waals surface area (Å²) in [5, 5.41) is 0. The van der Waals surface area contributed by atoms with Gasteiger partial charge in [-0.25, -0.2) is 0 Å². The lowest BCUT2D eigenvalue weighted by molar-refractivity contribution is -0.110. The van der Waals surface area contributed by atoms with Crippen molar-refractivity contribution in [2.75, 3.05) is 0 Å². The van der Waals surface area contributed by atoms with Crippen LogP contribution in [0.5, 0.6) is 0 Å². The van der Waals surface area contributed by atoms with Crippen LogP contribution in [0.3, 0.4) is 0 Å². The normalized spacial score (nSPS) is 14.0. The molecule has 1 aromatic carbocycles. The van der Waals surface area contributed by atoms with Gasteiger partial charge in [0.05, 0.1) is 0 Å². The highest BCUT2D eigenvalue weighted by Gasteiger charge is 2.19. The van der Waals surface area contributed by atoms with E-state index in [4.69, 9.17) is 0 Å². The lowest BCUT2D eigenvalue weighted by Crippen LogP contribution is -2.17. The van der Waals surface area contributed by atoms with Crippen LogP contribution < -0.4 is 0 Å². The van der Waals surface area contributed by atoms with Crippen molar-refractivity contribution >= 4 is 13.9 Å². The summed E-state index contributed by atoms with van der Waals surface area (Å²) in [6.45, 7) is 6.44. The van der Waals surface area contributed by atoms with E-state index in [1.165, 1.54) is 0 Å². The average Bonchev–Trinajstić information content (AvgIpc) is 2.91. The molecule has 0 spiro atoms. The second-order valence-corrected chi connectivity index (χ2v) is 11.0. The van der Waals surface area contributed by atoms with Gasteiger partial charge >= 0.3 is 0 Å². The Hall–Kier alpha value is -2.03. The monoisotopic (exact) mass is 292 g/mol. The Morgan fingerprint density at radius 3 is 2.43 bits per heavy atom. The fourth-order valence-electron chi connectivity index (χ4n) is 2.12. The molecule has 1 aromatic rings. The van der Waals surface area contributed by atoms with Crippen LogP contribution in [-0.2, 0) is 4.79 Å². The van der Waals surface area contributed by atoms with Gasteiger partial charge in [0.1, 0.15) is 8.07 Å². The number of benzene rings is 1. The van der Waals surface area contributed by atoms with Crippen molar-refractivity contribution in [2.24, 2.45) is 0 Å².